The highest BCUT2D eigenvalue weighted by molar-refractivity contribution is 5.46. The number of hydrogen-bond acceptors (Lipinski definition) is 4. The summed E-state index contributed by atoms with van der Waals surface area (Å²) in [6, 6.07) is 7.87. The van der Waals surface area contributed by atoms with Gasteiger partial charge in [0.1, 0.15) is 11.4 Å². The highest BCUT2D eigenvalue weighted by Gasteiger charge is 2.13. The first-order valence-electron chi connectivity index (χ1n) is 6.79. The van der Waals surface area contributed by atoms with Crippen LogP contribution in [0.3, 0.4) is 0 Å². The molecule has 0 amide bonds. The first-order chi connectivity index (χ1) is 9.26. The van der Waals surface area contributed by atoms with Crippen LogP contribution in [0.4, 0.5) is 0 Å². The number of hydrogen-bond donors (Lipinski definition) is 0. The van der Waals surface area contributed by atoms with E-state index in [1.165, 1.54) is 0 Å². The first-order valence-corrected chi connectivity index (χ1v) is 6.79. The molecule has 0 radical (unpaired) electrons. The molecule has 1 heterocycles. The van der Waals surface area contributed by atoms with Gasteiger partial charge in [-0.25, -0.2) is 0 Å². The third kappa shape index (κ3) is 3.10. The minimum Gasteiger partial charge on any atom is -0.488 e. The summed E-state index contributed by atoms with van der Waals surface area (Å²) in [5.41, 5.74) is 0.899. The molecule has 0 aliphatic carbocycles. The van der Waals surface area contributed by atoms with Crippen LogP contribution in [0.1, 0.15) is 39.4 Å². The van der Waals surface area contributed by atoms with Gasteiger partial charge in [-0.2, -0.15) is 4.68 Å². The average molecular weight is 260 g/mol. The molecular weight excluding hydrogens is 240 g/mol. The lowest BCUT2D eigenvalue weighted by Gasteiger charge is -2.16. The number of tetrazole rings is 1. The van der Waals surface area contributed by atoms with Gasteiger partial charge in [-0.15, -0.1) is 5.10 Å². The molecule has 0 saturated carbocycles. The van der Waals surface area contributed by atoms with Gasteiger partial charge in [-0.3, -0.25) is 0 Å². The fourth-order valence-electron chi connectivity index (χ4n) is 1.80. The number of aromatic nitrogens is 4. The molecule has 0 N–H and O–H groups in total. The molecule has 0 fully saturated rings. The number of para-hydroxylation sites is 2. The fourth-order valence-corrected chi connectivity index (χ4v) is 1.80. The van der Waals surface area contributed by atoms with Crippen molar-refractivity contribution in [3.8, 4) is 11.4 Å². The SMILES string of the molecule is CCCc1nnnn1-c1ccccc1OC(C)CC. The van der Waals surface area contributed by atoms with Crippen LogP contribution in [0.5, 0.6) is 5.75 Å². The molecule has 0 aliphatic rings. The molecule has 2 rings (SSSR count). The van der Waals surface area contributed by atoms with Gasteiger partial charge < -0.3 is 4.74 Å². The molecule has 2 aromatic rings. The Hall–Kier alpha value is -1.91. The Morgan fingerprint density at radius 2 is 2.05 bits per heavy atom. The lowest BCUT2D eigenvalue weighted by molar-refractivity contribution is 0.216. The Labute approximate surface area is 113 Å². The zero-order chi connectivity index (χ0) is 13.7. The molecule has 102 valence electrons. The van der Waals surface area contributed by atoms with Crippen molar-refractivity contribution in [3.63, 3.8) is 0 Å². The monoisotopic (exact) mass is 260 g/mol. The van der Waals surface area contributed by atoms with Gasteiger partial charge in [0.25, 0.3) is 0 Å². The van der Waals surface area contributed by atoms with E-state index in [0.29, 0.717) is 0 Å². The van der Waals surface area contributed by atoms with E-state index >= 15 is 0 Å². The quantitative estimate of drug-likeness (QED) is 0.801. The highest BCUT2D eigenvalue weighted by atomic mass is 16.5. The van der Waals surface area contributed by atoms with Crippen molar-refractivity contribution in [1.29, 1.82) is 0 Å². The van der Waals surface area contributed by atoms with E-state index < -0.39 is 0 Å². The normalized spacial score (nSPS) is 12.4. The molecule has 0 bridgehead atoms. The second kappa shape index (κ2) is 6.31. The predicted molar refractivity (Wildman–Crippen MR) is 73.5 cm³/mol. The van der Waals surface area contributed by atoms with Crippen LogP contribution in [-0.4, -0.2) is 26.3 Å². The predicted octanol–water partition coefficient (Wildman–Crippen LogP) is 2.79. The summed E-state index contributed by atoms with van der Waals surface area (Å²) in [5.74, 6) is 1.68. The maximum Gasteiger partial charge on any atom is 0.156 e. The summed E-state index contributed by atoms with van der Waals surface area (Å²) in [5, 5.41) is 11.9. The van der Waals surface area contributed by atoms with E-state index in [0.717, 1.165) is 36.5 Å². The molecule has 0 aliphatic heterocycles. The van der Waals surface area contributed by atoms with Crippen LogP contribution < -0.4 is 4.74 Å². The van der Waals surface area contributed by atoms with E-state index in [1.807, 2.05) is 24.3 Å². The second-order valence-electron chi connectivity index (χ2n) is 4.56. The van der Waals surface area contributed by atoms with Crippen molar-refractivity contribution in [3.05, 3.63) is 30.1 Å². The lowest BCUT2D eigenvalue weighted by atomic mass is 10.2. The summed E-state index contributed by atoms with van der Waals surface area (Å²) in [7, 11) is 0. The van der Waals surface area contributed by atoms with Crippen molar-refractivity contribution in [2.75, 3.05) is 0 Å². The van der Waals surface area contributed by atoms with Crippen molar-refractivity contribution in [2.45, 2.75) is 46.1 Å². The topological polar surface area (TPSA) is 52.8 Å². The van der Waals surface area contributed by atoms with Gasteiger partial charge in [0, 0.05) is 6.42 Å². The summed E-state index contributed by atoms with van der Waals surface area (Å²) in [4.78, 5) is 0. The third-order valence-corrected chi connectivity index (χ3v) is 3.00. The largest absolute Gasteiger partial charge is 0.488 e. The minimum absolute atomic E-state index is 0.173. The van der Waals surface area contributed by atoms with Gasteiger partial charge >= 0.3 is 0 Å². The van der Waals surface area contributed by atoms with E-state index in [2.05, 4.69) is 36.3 Å². The maximum atomic E-state index is 5.94. The lowest BCUT2D eigenvalue weighted by Crippen LogP contribution is -2.13. The van der Waals surface area contributed by atoms with E-state index in [4.69, 9.17) is 4.74 Å². The minimum atomic E-state index is 0.173. The Kier molecular flexibility index (Phi) is 4.49. The second-order valence-corrected chi connectivity index (χ2v) is 4.56. The molecule has 5 heteroatoms. The van der Waals surface area contributed by atoms with Gasteiger partial charge in [-0.05, 0) is 42.3 Å². The molecule has 1 atom stereocenters. The standard InChI is InChI=1S/C14H20N4O/c1-4-8-14-15-16-17-18(14)12-9-6-7-10-13(12)19-11(3)5-2/h6-7,9-11H,4-5,8H2,1-3H3. The molecule has 1 aromatic heterocycles. The molecule has 1 unspecified atom stereocenters. The number of rotatable bonds is 6. The summed E-state index contributed by atoms with van der Waals surface area (Å²) < 4.78 is 7.70. The van der Waals surface area contributed by atoms with Crippen LogP contribution in [0.2, 0.25) is 0 Å². The molecule has 0 saturated heterocycles. The van der Waals surface area contributed by atoms with E-state index in [9.17, 15) is 0 Å². The summed E-state index contributed by atoms with van der Waals surface area (Å²) >= 11 is 0. The van der Waals surface area contributed by atoms with Gasteiger partial charge in [0.2, 0.25) is 0 Å². The molecular formula is C14H20N4O. The number of ether oxygens (including phenoxy) is 1. The summed E-state index contributed by atoms with van der Waals surface area (Å²) in [6.07, 6.45) is 3.00. The first kappa shape index (κ1) is 13.5. The third-order valence-electron chi connectivity index (χ3n) is 3.00. The Morgan fingerprint density at radius 3 is 2.79 bits per heavy atom. The van der Waals surface area contributed by atoms with Gasteiger partial charge in [-0.1, -0.05) is 26.0 Å². The maximum absolute atomic E-state index is 5.94. The molecule has 19 heavy (non-hydrogen) atoms. The summed E-state index contributed by atoms with van der Waals surface area (Å²) in [6.45, 7) is 6.27. The number of benzene rings is 1. The molecule has 1 aromatic carbocycles. The zero-order valence-electron chi connectivity index (χ0n) is 11.7. The Balaban J connectivity index is 2.35. The van der Waals surface area contributed by atoms with Crippen LogP contribution in [0, 0.1) is 0 Å². The van der Waals surface area contributed by atoms with Crippen LogP contribution in [-0.2, 0) is 6.42 Å². The van der Waals surface area contributed by atoms with Gasteiger partial charge in [0.15, 0.2) is 5.82 Å². The Bertz CT molecular complexity index is 524. The number of aryl methyl sites for hydroxylation is 1. The van der Waals surface area contributed by atoms with Crippen molar-refractivity contribution >= 4 is 0 Å². The van der Waals surface area contributed by atoms with Crippen LogP contribution in [0.15, 0.2) is 24.3 Å². The van der Waals surface area contributed by atoms with Crippen molar-refractivity contribution < 1.29 is 4.74 Å². The highest BCUT2D eigenvalue weighted by Crippen LogP contribution is 2.24. The molecule has 0 spiro atoms. The smallest absolute Gasteiger partial charge is 0.156 e. The van der Waals surface area contributed by atoms with E-state index in [1.54, 1.807) is 4.68 Å². The number of nitrogens with zero attached hydrogens (tertiary/aromatic N) is 4. The van der Waals surface area contributed by atoms with E-state index in [-0.39, 0.29) is 6.10 Å². The van der Waals surface area contributed by atoms with Crippen LogP contribution >= 0.6 is 0 Å². The Morgan fingerprint density at radius 1 is 1.26 bits per heavy atom. The van der Waals surface area contributed by atoms with Crippen LogP contribution in [0.25, 0.3) is 5.69 Å². The van der Waals surface area contributed by atoms with Crippen molar-refractivity contribution in [1.82, 2.24) is 20.2 Å². The molecule has 5 nitrogen and oxygen atoms in total. The average Bonchev–Trinajstić information content (AvgIpc) is 2.88. The zero-order valence-corrected chi connectivity index (χ0v) is 11.7. The van der Waals surface area contributed by atoms with Crippen molar-refractivity contribution in [2.24, 2.45) is 0 Å². The fraction of sp³-hybridized carbons (Fsp3) is 0.500. The van der Waals surface area contributed by atoms with Gasteiger partial charge in [0.05, 0.1) is 6.10 Å².